The predicted molar refractivity (Wildman–Crippen MR) is 99.5 cm³/mol. The van der Waals surface area contributed by atoms with Crippen molar-refractivity contribution in [3.8, 4) is 17.2 Å². The molecule has 5 heteroatoms. The highest BCUT2D eigenvalue weighted by molar-refractivity contribution is 6.04. The highest BCUT2D eigenvalue weighted by Gasteiger charge is 2.34. The third-order valence-electron chi connectivity index (χ3n) is 4.24. The van der Waals surface area contributed by atoms with Crippen molar-refractivity contribution in [2.24, 2.45) is 0 Å². The fraction of sp³-hybridized carbons (Fsp3) is 0.238. The molecule has 0 radical (unpaired) electrons. The summed E-state index contributed by atoms with van der Waals surface area (Å²) in [7, 11) is 0. The Morgan fingerprint density at radius 2 is 2.00 bits per heavy atom. The van der Waals surface area contributed by atoms with Crippen LogP contribution in [0.1, 0.15) is 41.9 Å². The van der Waals surface area contributed by atoms with Gasteiger partial charge in [-0.3, -0.25) is 4.79 Å². The third-order valence-corrected chi connectivity index (χ3v) is 4.24. The summed E-state index contributed by atoms with van der Waals surface area (Å²) in [5.74, 6) is 1.92. The molecule has 3 aromatic rings. The second-order valence-corrected chi connectivity index (χ2v) is 6.29. The van der Waals surface area contributed by atoms with E-state index >= 15 is 0 Å². The van der Waals surface area contributed by atoms with Gasteiger partial charge in [-0.25, -0.2) is 4.98 Å². The fourth-order valence-corrected chi connectivity index (χ4v) is 2.84. The van der Waals surface area contributed by atoms with Crippen LogP contribution in [0.15, 0.2) is 59.0 Å². The molecule has 1 amide bonds. The lowest BCUT2D eigenvalue weighted by molar-refractivity contribution is 0.102. The van der Waals surface area contributed by atoms with Crippen LogP contribution in [0.4, 0.5) is 5.69 Å². The molecular weight excluding hydrogens is 328 g/mol. The number of amides is 1. The van der Waals surface area contributed by atoms with Crippen LogP contribution in [-0.4, -0.2) is 17.5 Å². The van der Waals surface area contributed by atoms with E-state index in [2.05, 4.69) is 10.3 Å². The highest BCUT2D eigenvalue weighted by atomic mass is 16.5. The van der Waals surface area contributed by atoms with Crippen molar-refractivity contribution < 1.29 is 13.9 Å². The number of carbonyl (C=O) groups is 1. The lowest BCUT2D eigenvalue weighted by atomic mass is 10.2. The Morgan fingerprint density at radius 1 is 1.19 bits per heavy atom. The molecule has 0 aliphatic heterocycles. The van der Waals surface area contributed by atoms with Crippen molar-refractivity contribution in [3.05, 3.63) is 66.1 Å². The number of nitrogens with one attached hydrogen (secondary N) is 1. The van der Waals surface area contributed by atoms with E-state index in [0.717, 1.165) is 24.2 Å². The van der Waals surface area contributed by atoms with Crippen LogP contribution in [0.5, 0.6) is 5.75 Å². The summed E-state index contributed by atoms with van der Waals surface area (Å²) in [6.45, 7) is 2.50. The molecule has 4 rings (SSSR count). The van der Waals surface area contributed by atoms with Gasteiger partial charge in [0.1, 0.15) is 11.5 Å². The largest absolute Gasteiger partial charge is 0.494 e. The molecular formula is C21H20N2O3. The molecule has 1 saturated carbocycles. The molecule has 1 heterocycles. The van der Waals surface area contributed by atoms with Gasteiger partial charge in [0.25, 0.3) is 5.91 Å². The molecule has 132 valence electrons. The summed E-state index contributed by atoms with van der Waals surface area (Å²) in [5.41, 5.74) is 1.91. The van der Waals surface area contributed by atoms with Gasteiger partial charge in [-0.15, -0.1) is 0 Å². The monoisotopic (exact) mass is 348 g/mol. The van der Waals surface area contributed by atoms with Crippen LogP contribution < -0.4 is 10.1 Å². The van der Waals surface area contributed by atoms with Crippen molar-refractivity contribution >= 4 is 11.6 Å². The number of oxazole rings is 1. The number of nitrogens with zero attached hydrogens (tertiary/aromatic N) is 1. The highest BCUT2D eigenvalue weighted by Crippen LogP contribution is 2.43. The summed E-state index contributed by atoms with van der Waals surface area (Å²) in [6.07, 6.45) is 2.06. The maximum Gasteiger partial charge on any atom is 0.277 e. The zero-order valence-electron chi connectivity index (χ0n) is 14.6. The zero-order valence-corrected chi connectivity index (χ0v) is 14.6. The van der Waals surface area contributed by atoms with E-state index < -0.39 is 0 Å². The standard InChI is InChI=1S/C21H20N2O3/c1-2-25-17-10-6-9-16(13-17)22-20(24)18-19(14-11-12-14)26-21(23-18)15-7-4-3-5-8-15/h3-10,13-14H,2,11-12H2,1H3,(H,22,24). The van der Waals surface area contributed by atoms with Crippen LogP contribution in [-0.2, 0) is 0 Å². The molecule has 2 aromatic carbocycles. The van der Waals surface area contributed by atoms with Crippen LogP contribution in [0, 0.1) is 0 Å². The number of ether oxygens (including phenoxy) is 1. The number of hydrogen-bond acceptors (Lipinski definition) is 4. The summed E-state index contributed by atoms with van der Waals surface area (Å²) >= 11 is 0. The average Bonchev–Trinajstić information content (AvgIpc) is 3.41. The van der Waals surface area contributed by atoms with Gasteiger partial charge in [-0.2, -0.15) is 0 Å². The molecule has 1 aliphatic carbocycles. The van der Waals surface area contributed by atoms with E-state index in [1.807, 2.05) is 55.5 Å². The van der Waals surface area contributed by atoms with Crippen molar-refractivity contribution in [1.29, 1.82) is 0 Å². The molecule has 1 N–H and O–H groups in total. The number of anilines is 1. The smallest absolute Gasteiger partial charge is 0.277 e. The van der Waals surface area contributed by atoms with E-state index in [-0.39, 0.29) is 11.8 Å². The molecule has 1 fully saturated rings. The fourth-order valence-electron chi connectivity index (χ4n) is 2.84. The Bertz CT molecular complexity index is 914. The van der Waals surface area contributed by atoms with E-state index in [1.54, 1.807) is 6.07 Å². The minimum Gasteiger partial charge on any atom is -0.494 e. The third kappa shape index (κ3) is 3.47. The number of carbonyl (C=O) groups excluding carboxylic acids is 1. The summed E-state index contributed by atoms with van der Waals surface area (Å²) in [4.78, 5) is 17.3. The van der Waals surface area contributed by atoms with Crippen molar-refractivity contribution in [2.45, 2.75) is 25.7 Å². The average molecular weight is 348 g/mol. The normalized spacial score (nSPS) is 13.4. The minimum absolute atomic E-state index is 0.258. The molecule has 26 heavy (non-hydrogen) atoms. The lowest BCUT2D eigenvalue weighted by Crippen LogP contribution is -2.14. The molecule has 5 nitrogen and oxygen atoms in total. The number of aromatic nitrogens is 1. The number of benzene rings is 2. The number of hydrogen-bond donors (Lipinski definition) is 1. The molecule has 1 aliphatic rings. The predicted octanol–water partition coefficient (Wildman–Crippen LogP) is 4.87. The molecule has 0 bridgehead atoms. The SMILES string of the molecule is CCOc1cccc(NC(=O)c2nc(-c3ccccc3)oc2C2CC2)c1. The van der Waals surface area contributed by atoms with Crippen molar-refractivity contribution in [3.63, 3.8) is 0 Å². The van der Waals surface area contributed by atoms with Gasteiger partial charge in [0.15, 0.2) is 5.69 Å². The van der Waals surface area contributed by atoms with Crippen LogP contribution in [0.3, 0.4) is 0 Å². The lowest BCUT2D eigenvalue weighted by Gasteiger charge is -2.07. The van der Waals surface area contributed by atoms with Crippen molar-refractivity contribution in [1.82, 2.24) is 4.98 Å². The van der Waals surface area contributed by atoms with E-state index in [4.69, 9.17) is 9.15 Å². The Kier molecular flexibility index (Phi) is 4.44. The van der Waals surface area contributed by atoms with Crippen LogP contribution in [0.25, 0.3) is 11.5 Å². The van der Waals surface area contributed by atoms with Gasteiger partial charge in [-0.1, -0.05) is 24.3 Å². The zero-order chi connectivity index (χ0) is 17.9. The van der Waals surface area contributed by atoms with Gasteiger partial charge >= 0.3 is 0 Å². The topological polar surface area (TPSA) is 64.4 Å². The van der Waals surface area contributed by atoms with Crippen LogP contribution in [0.2, 0.25) is 0 Å². The maximum absolute atomic E-state index is 12.8. The first kappa shape index (κ1) is 16.4. The quantitative estimate of drug-likeness (QED) is 0.690. The number of rotatable bonds is 6. The Labute approximate surface area is 152 Å². The Morgan fingerprint density at radius 3 is 2.73 bits per heavy atom. The molecule has 0 unspecified atom stereocenters. The second-order valence-electron chi connectivity index (χ2n) is 6.29. The summed E-state index contributed by atoms with van der Waals surface area (Å²) < 4.78 is 11.4. The molecule has 1 aromatic heterocycles. The summed E-state index contributed by atoms with van der Waals surface area (Å²) in [6, 6.07) is 17.0. The van der Waals surface area contributed by atoms with E-state index in [9.17, 15) is 4.79 Å². The first-order valence-electron chi connectivity index (χ1n) is 8.85. The van der Waals surface area contributed by atoms with Gasteiger partial charge < -0.3 is 14.5 Å². The Balaban J connectivity index is 1.61. The first-order valence-corrected chi connectivity index (χ1v) is 8.85. The van der Waals surface area contributed by atoms with Crippen LogP contribution >= 0.6 is 0 Å². The first-order chi connectivity index (χ1) is 12.7. The van der Waals surface area contributed by atoms with Gasteiger partial charge in [0.2, 0.25) is 5.89 Å². The van der Waals surface area contributed by atoms with Gasteiger partial charge in [0.05, 0.1) is 6.61 Å². The van der Waals surface area contributed by atoms with Gasteiger partial charge in [-0.05, 0) is 44.0 Å². The van der Waals surface area contributed by atoms with E-state index in [1.165, 1.54) is 0 Å². The molecule has 0 saturated heterocycles. The van der Waals surface area contributed by atoms with Gasteiger partial charge in [0, 0.05) is 23.2 Å². The molecule has 0 atom stereocenters. The Hall–Kier alpha value is -3.08. The second kappa shape index (κ2) is 7.04. The van der Waals surface area contributed by atoms with E-state index in [0.29, 0.717) is 29.6 Å². The minimum atomic E-state index is -0.258. The molecule has 0 spiro atoms. The van der Waals surface area contributed by atoms with Crippen molar-refractivity contribution in [2.75, 3.05) is 11.9 Å². The summed E-state index contributed by atoms with van der Waals surface area (Å²) in [5, 5.41) is 2.90. The maximum atomic E-state index is 12.8.